The molecular formula is C26H28F3N5O3. The van der Waals surface area contributed by atoms with Crippen LogP contribution in [-0.4, -0.2) is 67.4 Å². The van der Waals surface area contributed by atoms with E-state index in [1.807, 2.05) is 0 Å². The third-order valence-electron chi connectivity index (χ3n) is 6.85. The number of alkyl halides is 2. The summed E-state index contributed by atoms with van der Waals surface area (Å²) in [5.41, 5.74) is 1.33. The minimum absolute atomic E-state index is 0.0713. The largest absolute Gasteiger partial charge is 0.493 e. The van der Waals surface area contributed by atoms with Crippen molar-refractivity contribution in [3.8, 4) is 22.8 Å². The van der Waals surface area contributed by atoms with Crippen molar-refractivity contribution in [1.82, 2.24) is 20.0 Å². The van der Waals surface area contributed by atoms with Gasteiger partial charge < -0.3 is 25.0 Å². The quantitative estimate of drug-likeness (QED) is 0.514. The highest BCUT2D eigenvalue weighted by atomic mass is 19.3. The molecule has 2 aliphatic heterocycles. The fourth-order valence-electron chi connectivity index (χ4n) is 4.87. The standard InChI is InChI=1S/C26H28F3N5O3/c1-36-22-6-4-15(12-23(22)37-2)19-13-21(25(28)29)34-24(31-19)14-20(32-34)17-5-3-16(11-18(17)27)26(35)33-9-7-30-8-10-33/h3-6,11-12,14,19,21,25,30-31H,7-10,13H2,1-2H3. The molecule has 1 saturated heterocycles. The van der Waals surface area contributed by atoms with Crippen molar-refractivity contribution in [2.24, 2.45) is 0 Å². The zero-order valence-corrected chi connectivity index (χ0v) is 20.5. The molecule has 0 aliphatic carbocycles. The molecule has 0 radical (unpaired) electrons. The summed E-state index contributed by atoms with van der Waals surface area (Å²) in [5.74, 6) is 0.503. The fourth-order valence-corrected chi connectivity index (χ4v) is 4.87. The lowest BCUT2D eigenvalue weighted by Gasteiger charge is -2.32. The molecular weight excluding hydrogens is 487 g/mol. The molecule has 1 fully saturated rings. The smallest absolute Gasteiger partial charge is 0.260 e. The Labute approximate surface area is 212 Å². The molecule has 5 rings (SSSR count). The summed E-state index contributed by atoms with van der Waals surface area (Å²) in [7, 11) is 3.03. The zero-order valence-electron chi connectivity index (χ0n) is 20.5. The monoisotopic (exact) mass is 515 g/mol. The SMILES string of the molecule is COc1ccc(C2CC(C(F)F)n3nc(-c4ccc(C(=O)N5CCNCC5)cc4F)cc3N2)cc1OC. The normalized spacial score (nSPS) is 19.4. The van der Waals surface area contributed by atoms with Gasteiger partial charge in [-0.2, -0.15) is 5.10 Å². The van der Waals surface area contributed by atoms with Gasteiger partial charge in [0, 0.05) is 43.4 Å². The maximum absolute atomic E-state index is 15.2. The third-order valence-corrected chi connectivity index (χ3v) is 6.85. The van der Waals surface area contributed by atoms with Crippen LogP contribution in [0.1, 0.15) is 34.4 Å². The van der Waals surface area contributed by atoms with Gasteiger partial charge in [0.15, 0.2) is 11.5 Å². The molecule has 0 bridgehead atoms. The summed E-state index contributed by atoms with van der Waals surface area (Å²) in [6.45, 7) is 2.49. The number of hydrogen-bond donors (Lipinski definition) is 2. The van der Waals surface area contributed by atoms with E-state index in [1.54, 1.807) is 35.2 Å². The first kappa shape index (κ1) is 24.9. The number of nitrogens with zero attached hydrogens (tertiary/aromatic N) is 3. The van der Waals surface area contributed by atoms with Gasteiger partial charge >= 0.3 is 0 Å². The number of rotatable bonds is 6. The number of ether oxygens (including phenoxy) is 2. The van der Waals surface area contributed by atoms with Crippen LogP contribution >= 0.6 is 0 Å². The van der Waals surface area contributed by atoms with Crippen LogP contribution in [-0.2, 0) is 0 Å². The van der Waals surface area contributed by atoms with E-state index in [9.17, 15) is 13.6 Å². The average Bonchev–Trinajstić information content (AvgIpc) is 3.35. The lowest BCUT2D eigenvalue weighted by molar-refractivity contribution is 0.0659. The van der Waals surface area contributed by atoms with Crippen molar-refractivity contribution in [3.63, 3.8) is 0 Å². The first-order chi connectivity index (χ1) is 17.9. The summed E-state index contributed by atoms with van der Waals surface area (Å²) >= 11 is 0. The molecule has 37 heavy (non-hydrogen) atoms. The molecule has 3 aromatic rings. The molecule has 2 atom stereocenters. The molecule has 8 nitrogen and oxygen atoms in total. The summed E-state index contributed by atoms with van der Waals surface area (Å²) in [4.78, 5) is 14.4. The third kappa shape index (κ3) is 4.83. The van der Waals surface area contributed by atoms with Crippen molar-refractivity contribution in [1.29, 1.82) is 0 Å². The highest BCUT2D eigenvalue weighted by Crippen LogP contribution is 2.41. The summed E-state index contributed by atoms with van der Waals surface area (Å²) < 4.78 is 55.2. The van der Waals surface area contributed by atoms with E-state index in [0.29, 0.717) is 43.5 Å². The second-order valence-electron chi connectivity index (χ2n) is 9.05. The van der Waals surface area contributed by atoms with Crippen molar-refractivity contribution in [3.05, 3.63) is 59.4 Å². The van der Waals surface area contributed by atoms with Crippen LogP contribution in [0.5, 0.6) is 11.5 Å². The van der Waals surface area contributed by atoms with E-state index in [-0.39, 0.29) is 29.1 Å². The van der Waals surface area contributed by atoms with E-state index in [1.165, 1.54) is 31.0 Å². The Hall–Kier alpha value is -3.73. The van der Waals surface area contributed by atoms with Crippen molar-refractivity contribution in [2.45, 2.75) is 24.9 Å². The predicted octanol–water partition coefficient (Wildman–Crippen LogP) is 4.11. The predicted molar refractivity (Wildman–Crippen MR) is 132 cm³/mol. The number of piperazine rings is 1. The number of aromatic nitrogens is 2. The lowest BCUT2D eigenvalue weighted by atomic mass is 9.97. The number of nitrogens with one attached hydrogen (secondary N) is 2. The number of benzene rings is 2. The molecule has 2 aromatic carbocycles. The lowest BCUT2D eigenvalue weighted by Crippen LogP contribution is -2.46. The van der Waals surface area contributed by atoms with Crippen LogP contribution in [0.15, 0.2) is 42.5 Å². The van der Waals surface area contributed by atoms with Gasteiger partial charge in [-0.15, -0.1) is 0 Å². The van der Waals surface area contributed by atoms with Gasteiger partial charge in [0.2, 0.25) is 0 Å². The Bertz CT molecular complexity index is 1290. The van der Waals surface area contributed by atoms with E-state index < -0.39 is 24.3 Å². The molecule has 11 heteroatoms. The van der Waals surface area contributed by atoms with E-state index >= 15 is 4.39 Å². The van der Waals surface area contributed by atoms with Crippen LogP contribution in [0, 0.1) is 5.82 Å². The summed E-state index contributed by atoms with van der Waals surface area (Å²) in [6, 6.07) is 9.37. The van der Waals surface area contributed by atoms with E-state index in [0.717, 1.165) is 5.56 Å². The van der Waals surface area contributed by atoms with Gasteiger partial charge in [-0.3, -0.25) is 4.79 Å². The first-order valence-electron chi connectivity index (χ1n) is 12.1. The van der Waals surface area contributed by atoms with Crippen LogP contribution in [0.3, 0.4) is 0 Å². The van der Waals surface area contributed by atoms with Crippen LogP contribution in [0.4, 0.5) is 19.0 Å². The van der Waals surface area contributed by atoms with Crippen LogP contribution < -0.4 is 20.1 Å². The van der Waals surface area contributed by atoms with Crippen molar-refractivity contribution >= 4 is 11.7 Å². The summed E-state index contributed by atoms with van der Waals surface area (Å²) in [6.07, 6.45) is -2.61. The molecule has 196 valence electrons. The molecule has 2 unspecified atom stereocenters. The molecule has 3 heterocycles. The summed E-state index contributed by atoms with van der Waals surface area (Å²) in [5, 5.41) is 10.7. The van der Waals surface area contributed by atoms with E-state index in [2.05, 4.69) is 15.7 Å². The Balaban J connectivity index is 1.43. The number of halogens is 3. The highest BCUT2D eigenvalue weighted by Gasteiger charge is 2.35. The van der Waals surface area contributed by atoms with Crippen LogP contribution in [0.25, 0.3) is 11.3 Å². The van der Waals surface area contributed by atoms with Crippen molar-refractivity contribution < 1.29 is 27.4 Å². The number of carbonyl (C=O) groups excluding carboxylic acids is 1. The second-order valence-corrected chi connectivity index (χ2v) is 9.05. The topological polar surface area (TPSA) is 80.7 Å². The molecule has 1 amide bonds. The van der Waals surface area contributed by atoms with Crippen molar-refractivity contribution in [2.75, 3.05) is 45.7 Å². The minimum atomic E-state index is -2.68. The number of methoxy groups -OCH3 is 2. The Morgan fingerprint density at radius 3 is 2.49 bits per heavy atom. The molecule has 2 N–H and O–H groups in total. The molecule has 1 aromatic heterocycles. The Morgan fingerprint density at radius 1 is 1.05 bits per heavy atom. The number of carbonyl (C=O) groups is 1. The Morgan fingerprint density at radius 2 is 1.81 bits per heavy atom. The van der Waals surface area contributed by atoms with Gasteiger partial charge in [0.25, 0.3) is 12.3 Å². The highest BCUT2D eigenvalue weighted by molar-refractivity contribution is 5.94. The zero-order chi connectivity index (χ0) is 26.1. The molecule has 2 aliphatic rings. The average molecular weight is 516 g/mol. The first-order valence-corrected chi connectivity index (χ1v) is 12.1. The fraction of sp³-hybridized carbons (Fsp3) is 0.385. The second kappa shape index (κ2) is 10.3. The maximum Gasteiger partial charge on any atom is 0.260 e. The number of anilines is 1. The van der Waals surface area contributed by atoms with Gasteiger partial charge in [-0.05, 0) is 42.3 Å². The molecule has 0 spiro atoms. The van der Waals surface area contributed by atoms with Gasteiger partial charge in [-0.1, -0.05) is 6.07 Å². The van der Waals surface area contributed by atoms with Crippen LogP contribution in [0.2, 0.25) is 0 Å². The molecule has 0 saturated carbocycles. The maximum atomic E-state index is 15.2. The Kier molecular flexibility index (Phi) is 6.96. The number of amides is 1. The van der Waals surface area contributed by atoms with Gasteiger partial charge in [0.1, 0.15) is 17.7 Å². The van der Waals surface area contributed by atoms with Gasteiger partial charge in [-0.25, -0.2) is 17.9 Å². The van der Waals surface area contributed by atoms with Gasteiger partial charge in [0.05, 0.1) is 26.0 Å². The number of fused-ring (bicyclic) bond motifs is 1. The number of hydrogen-bond acceptors (Lipinski definition) is 6. The minimum Gasteiger partial charge on any atom is -0.493 e. The van der Waals surface area contributed by atoms with E-state index in [4.69, 9.17) is 9.47 Å².